The van der Waals surface area contributed by atoms with Crippen LogP contribution in [0.3, 0.4) is 0 Å². The van der Waals surface area contributed by atoms with Crippen LogP contribution in [0.1, 0.15) is 12.8 Å². The molecule has 1 amide bonds. The molecule has 0 N–H and O–H groups in total. The standard InChI is InChI=1S/C9H15BN2O/c1-12(2)9(13)8-3-5-10(7-11)6-4-8/h8H,3-6H2,1-2H3. The molecule has 4 heteroatoms. The first kappa shape index (κ1) is 10.1. The second-order valence-electron chi connectivity index (χ2n) is 3.91. The molecular formula is C9H15BN2O. The van der Waals surface area contributed by atoms with Crippen LogP contribution in [-0.2, 0) is 4.79 Å². The minimum atomic E-state index is 0.166. The van der Waals surface area contributed by atoms with Crippen molar-refractivity contribution < 1.29 is 4.79 Å². The number of carbonyl (C=O) groups is 1. The normalized spacial score (nSPS) is 18.1. The number of nitrogens with zero attached hydrogens (tertiary/aromatic N) is 2. The van der Waals surface area contributed by atoms with Gasteiger partial charge < -0.3 is 4.90 Å². The molecule has 0 aromatic heterocycles. The van der Waals surface area contributed by atoms with Gasteiger partial charge in [0.1, 0.15) is 0 Å². The van der Waals surface area contributed by atoms with Crippen molar-refractivity contribution in [1.29, 1.82) is 5.26 Å². The first-order valence-electron chi connectivity index (χ1n) is 4.76. The molecule has 1 rings (SSSR count). The van der Waals surface area contributed by atoms with E-state index in [1.54, 1.807) is 19.0 Å². The fourth-order valence-electron chi connectivity index (χ4n) is 1.83. The van der Waals surface area contributed by atoms with E-state index in [1.807, 2.05) is 0 Å². The minimum absolute atomic E-state index is 0.166. The second kappa shape index (κ2) is 4.31. The van der Waals surface area contributed by atoms with Crippen LogP contribution < -0.4 is 0 Å². The summed E-state index contributed by atoms with van der Waals surface area (Å²) < 4.78 is 0. The number of rotatable bonds is 1. The molecule has 1 aliphatic rings. The van der Waals surface area contributed by atoms with Crippen LogP contribution in [0.15, 0.2) is 0 Å². The third-order valence-electron chi connectivity index (χ3n) is 2.70. The molecule has 3 nitrogen and oxygen atoms in total. The molecule has 0 spiro atoms. The van der Waals surface area contributed by atoms with E-state index < -0.39 is 0 Å². The number of hydrogen-bond donors (Lipinski definition) is 0. The monoisotopic (exact) mass is 178 g/mol. The van der Waals surface area contributed by atoms with Crippen molar-refractivity contribution in [2.24, 2.45) is 5.92 Å². The van der Waals surface area contributed by atoms with Crippen LogP contribution in [-0.4, -0.2) is 31.6 Å². The van der Waals surface area contributed by atoms with Crippen LogP contribution in [0, 0.1) is 17.1 Å². The molecule has 1 saturated heterocycles. The quantitative estimate of drug-likeness (QED) is 0.563. The zero-order valence-corrected chi connectivity index (χ0v) is 8.29. The van der Waals surface area contributed by atoms with Crippen molar-refractivity contribution in [2.45, 2.75) is 25.5 Å². The van der Waals surface area contributed by atoms with E-state index in [2.05, 4.69) is 5.97 Å². The fourth-order valence-corrected chi connectivity index (χ4v) is 1.83. The van der Waals surface area contributed by atoms with Crippen LogP contribution in [0.2, 0.25) is 12.6 Å². The van der Waals surface area contributed by atoms with Crippen molar-refractivity contribution in [3.8, 4) is 5.97 Å². The van der Waals surface area contributed by atoms with Crippen molar-refractivity contribution in [1.82, 2.24) is 4.90 Å². The van der Waals surface area contributed by atoms with Crippen LogP contribution in [0.5, 0.6) is 0 Å². The largest absolute Gasteiger partial charge is 0.349 e. The summed E-state index contributed by atoms with van der Waals surface area (Å²) in [6.07, 6.45) is 3.55. The van der Waals surface area contributed by atoms with E-state index in [0.717, 1.165) is 25.5 Å². The molecule has 0 aromatic rings. The van der Waals surface area contributed by atoms with Gasteiger partial charge in [-0.15, -0.1) is 0 Å². The molecule has 0 atom stereocenters. The minimum Gasteiger partial charge on any atom is -0.349 e. The summed E-state index contributed by atoms with van der Waals surface area (Å²) in [6.45, 7) is 0.186. The first-order valence-corrected chi connectivity index (χ1v) is 4.76. The lowest BCUT2D eigenvalue weighted by Gasteiger charge is -2.24. The Balaban J connectivity index is 2.42. The van der Waals surface area contributed by atoms with Crippen molar-refractivity contribution in [2.75, 3.05) is 14.1 Å². The maximum atomic E-state index is 11.5. The second-order valence-corrected chi connectivity index (χ2v) is 3.91. The highest BCUT2D eigenvalue weighted by molar-refractivity contribution is 6.67. The van der Waals surface area contributed by atoms with E-state index in [-0.39, 0.29) is 18.5 Å². The van der Waals surface area contributed by atoms with E-state index in [9.17, 15) is 4.79 Å². The van der Waals surface area contributed by atoms with Crippen molar-refractivity contribution in [3.63, 3.8) is 0 Å². The highest BCUT2D eigenvalue weighted by Crippen LogP contribution is 2.25. The Labute approximate surface area is 79.8 Å². The van der Waals surface area contributed by atoms with Gasteiger partial charge in [-0.3, -0.25) is 4.79 Å². The Bertz CT molecular complexity index is 226. The summed E-state index contributed by atoms with van der Waals surface area (Å²) in [7, 11) is 3.58. The predicted molar refractivity (Wildman–Crippen MR) is 52.4 cm³/mol. The highest BCUT2D eigenvalue weighted by atomic mass is 16.2. The molecule has 1 aliphatic heterocycles. The number of carbonyl (C=O) groups excluding carboxylic acids is 1. The van der Waals surface area contributed by atoms with Gasteiger partial charge >= 0.3 is 0 Å². The zero-order chi connectivity index (χ0) is 9.84. The summed E-state index contributed by atoms with van der Waals surface area (Å²) in [5.41, 5.74) is 0. The lowest BCUT2D eigenvalue weighted by Crippen LogP contribution is -2.33. The Morgan fingerprint density at radius 3 is 2.38 bits per heavy atom. The molecule has 0 bridgehead atoms. The fraction of sp³-hybridized carbons (Fsp3) is 0.778. The highest BCUT2D eigenvalue weighted by Gasteiger charge is 2.29. The average Bonchev–Trinajstić information content (AvgIpc) is 2.17. The van der Waals surface area contributed by atoms with Gasteiger partial charge in [-0.1, -0.05) is 12.6 Å². The molecule has 0 saturated carbocycles. The summed E-state index contributed by atoms with van der Waals surface area (Å²) in [5, 5.41) is 8.68. The van der Waals surface area contributed by atoms with Crippen LogP contribution in [0.4, 0.5) is 0 Å². The topological polar surface area (TPSA) is 44.1 Å². The molecule has 0 aliphatic carbocycles. The van der Waals surface area contributed by atoms with E-state index in [1.165, 1.54) is 0 Å². The molecular weight excluding hydrogens is 163 g/mol. The zero-order valence-electron chi connectivity index (χ0n) is 8.29. The van der Waals surface area contributed by atoms with E-state index in [0.29, 0.717) is 0 Å². The summed E-state index contributed by atoms with van der Waals surface area (Å²) >= 11 is 0. The molecule has 13 heavy (non-hydrogen) atoms. The van der Waals surface area contributed by atoms with Gasteiger partial charge in [0.25, 0.3) is 6.71 Å². The van der Waals surface area contributed by atoms with Gasteiger partial charge in [-0.05, 0) is 12.8 Å². The van der Waals surface area contributed by atoms with E-state index >= 15 is 0 Å². The Hall–Kier alpha value is -0.975. The maximum absolute atomic E-state index is 11.5. The number of hydrogen-bond acceptors (Lipinski definition) is 2. The predicted octanol–water partition coefficient (Wildman–Crippen LogP) is 1.04. The van der Waals surface area contributed by atoms with Gasteiger partial charge in [0.15, 0.2) is 0 Å². The molecule has 1 fully saturated rings. The van der Waals surface area contributed by atoms with Gasteiger partial charge in [-0.25, -0.2) is 5.26 Å². The van der Waals surface area contributed by atoms with Crippen molar-refractivity contribution in [3.05, 3.63) is 0 Å². The summed E-state index contributed by atoms with van der Waals surface area (Å²) in [6, 6.07) is 0. The lowest BCUT2D eigenvalue weighted by molar-refractivity contribution is -0.133. The Morgan fingerprint density at radius 1 is 1.46 bits per heavy atom. The molecule has 1 heterocycles. The Kier molecular flexibility index (Phi) is 3.35. The molecule has 0 unspecified atom stereocenters. The molecule has 0 aromatic carbocycles. The third kappa shape index (κ3) is 2.48. The van der Waals surface area contributed by atoms with Crippen LogP contribution in [0.25, 0.3) is 0 Å². The summed E-state index contributed by atoms with van der Waals surface area (Å²) in [5.74, 6) is 2.65. The van der Waals surface area contributed by atoms with Crippen molar-refractivity contribution >= 4 is 12.6 Å². The lowest BCUT2D eigenvalue weighted by atomic mass is 9.42. The molecule has 0 radical (unpaired) electrons. The SMILES string of the molecule is CN(C)C(=O)C1CCB(C#N)CC1. The maximum Gasteiger partial charge on any atom is 0.267 e. The average molecular weight is 178 g/mol. The Morgan fingerprint density at radius 2 is 2.00 bits per heavy atom. The smallest absolute Gasteiger partial charge is 0.267 e. The first-order chi connectivity index (χ1) is 6.15. The van der Waals surface area contributed by atoms with Crippen LogP contribution >= 0.6 is 0 Å². The number of amides is 1. The van der Waals surface area contributed by atoms with E-state index in [4.69, 9.17) is 5.26 Å². The number of nitriles is 1. The third-order valence-corrected chi connectivity index (χ3v) is 2.70. The van der Waals surface area contributed by atoms with Gasteiger partial charge in [0.2, 0.25) is 5.91 Å². The summed E-state index contributed by atoms with van der Waals surface area (Å²) in [4.78, 5) is 13.2. The van der Waals surface area contributed by atoms with Gasteiger partial charge in [-0.2, -0.15) is 0 Å². The van der Waals surface area contributed by atoms with Gasteiger partial charge in [0.05, 0.1) is 0 Å². The van der Waals surface area contributed by atoms with Gasteiger partial charge in [0, 0.05) is 26.0 Å². The molecule has 70 valence electrons.